The highest BCUT2D eigenvalue weighted by Gasteiger charge is 2.52. The summed E-state index contributed by atoms with van der Waals surface area (Å²) in [6, 6.07) is 0. The molecule has 128 valence electrons. The molecule has 0 aromatic carbocycles. The first-order valence-electron chi connectivity index (χ1n) is 7.89. The van der Waals surface area contributed by atoms with Gasteiger partial charge in [0.2, 0.25) is 0 Å². The van der Waals surface area contributed by atoms with Gasteiger partial charge in [0.1, 0.15) is 6.10 Å². The zero-order valence-corrected chi connectivity index (χ0v) is 14.6. The Balaban J connectivity index is 1.67. The van der Waals surface area contributed by atoms with Crippen LogP contribution in [-0.2, 0) is 11.3 Å². The van der Waals surface area contributed by atoms with Gasteiger partial charge in [-0.1, -0.05) is 23.2 Å². The fraction of sp³-hybridized carbons (Fsp3) is 0.688. The average molecular weight is 361 g/mol. The van der Waals surface area contributed by atoms with Crippen molar-refractivity contribution in [3.63, 3.8) is 0 Å². The van der Waals surface area contributed by atoms with E-state index in [1.54, 1.807) is 19.3 Å². The second-order valence-electron chi connectivity index (χ2n) is 6.78. The van der Waals surface area contributed by atoms with Crippen LogP contribution in [0.3, 0.4) is 0 Å². The third-order valence-electron chi connectivity index (χ3n) is 5.12. The number of nitrogens with zero attached hydrogens (tertiary/aromatic N) is 2. The largest absolute Gasteiger partial charge is 0.387 e. The van der Waals surface area contributed by atoms with E-state index in [0.717, 1.165) is 18.7 Å². The number of pyridine rings is 1. The Bertz CT molecular complexity index is 554. The standard InChI is InChI=1S/C16H22Cl2N2O3/c1-15(22)4-7-23-16(14(15)21)2-5-20(6-3-16)10-11-12(17)8-19-9-13(11)18/h8-9,14,21-22H,2-7,10H2,1H3/t14-,15+/m0/s1. The van der Waals surface area contributed by atoms with Gasteiger partial charge in [-0.2, -0.15) is 0 Å². The van der Waals surface area contributed by atoms with Crippen LogP contribution < -0.4 is 0 Å². The van der Waals surface area contributed by atoms with E-state index in [-0.39, 0.29) is 0 Å². The molecule has 0 unspecified atom stereocenters. The molecule has 0 aliphatic carbocycles. The van der Waals surface area contributed by atoms with Gasteiger partial charge < -0.3 is 14.9 Å². The Morgan fingerprint density at radius 2 is 1.87 bits per heavy atom. The Kier molecular flexibility index (Phi) is 4.89. The zero-order chi connectivity index (χ0) is 16.7. The third-order valence-corrected chi connectivity index (χ3v) is 5.77. The van der Waals surface area contributed by atoms with E-state index in [9.17, 15) is 10.2 Å². The molecule has 1 aromatic heterocycles. The van der Waals surface area contributed by atoms with Crippen LogP contribution in [-0.4, -0.2) is 57.1 Å². The molecule has 1 aromatic rings. The summed E-state index contributed by atoms with van der Waals surface area (Å²) >= 11 is 12.4. The first-order chi connectivity index (χ1) is 10.8. The summed E-state index contributed by atoms with van der Waals surface area (Å²) in [5.74, 6) is 0. The van der Waals surface area contributed by atoms with Gasteiger partial charge in [0.15, 0.2) is 0 Å². The van der Waals surface area contributed by atoms with Gasteiger partial charge in [0.25, 0.3) is 0 Å². The maximum atomic E-state index is 10.5. The average Bonchev–Trinajstić information content (AvgIpc) is 2.51. The topological polar surface area (TPSA) is 65.8 Å². The Morgan fingerprint density at radius 3 is 2.48 bits per heavy atom. The summed E-state index contributed by atoms with van der Waals surface area (Å²) in [6.45, 7) is 4.31. The number of halogens is 2. The Hall–Kier alpha value is -0.430. The second-order valence-corrected chi connectivity index (χ2v) is 7.60. The van der Waals surface area contributed by atoms with E-state index in [2.05, 4.69) is 9.88 Å². The van der Waals surface area contributed by atoms with Crippen molar-refractivity contribution in [3.8, 4) is 0 Å². The van der Waals surface area contributed by atoms with Crippen molar-refractivity contribution in [1.29, 1.82) is 0 Å². The maximum Gasteiger partial charge on any atom is 0.111 e. The van der Waals surface area contributed by atoms with Crippen LogP contribution in [0.2, 0.25) is 10.0 Å². The number of hydrogen-bond donors (Lipinski definition) is 2. The molecule has 1 spiro atoms. The zero-order valence-electron chi connectivity index (χ0n) is 13.1. The third kappa shape index (κ3) is 3.36. The van der Waals surface area contributed by atoms with E-state index < -0.39 is 17.3 Å². The van der Waals surface area contributed by atoms with Crippen molar-refractivity contribution in [2.24, 2.45) is 0 Å². The first kappa shape index (κ1) is 17.4. The van der Waals surface area contributed by atoms with Crippen LogP contribution in [0.5, 0.6) is 0 Å². The molecular formula is C16H22Cl2N2O3. The number of hydrogen-bond acceptors (Lipinski definition) is 5. The van der Waals surface area contributed by atoms with Crippen molar-refractivity contribution in [3.05, 3.63) is 28.0 Å². The molecule has 2 fully saturated rings. The molecule has 2 aliphatic heterocycles. The van der Waals surface area contributed by atoms with Crippen molar-refractivity contribution in [2.75, 3.05) is 19.7 Å². The molecule has 3 heterocycles. The molecular weight excluding hydrogens is 339 g/mol. The molecule has 0 saturated carbocycles. The number of aliphatic hydroxyl groups excluding tert-OH is 1. The molecule has 2 aliphatic rings. The summed E-state index contributed by atoms with van der Waals surface area (Å²) in [6.07, 6.45) is 4.13. The predicted octanol–water partition coefficient (Wildman–Crippen LogP) is 2.26. The van der Waals surface area contributed by atoms with Crippen LogP contribution in [0.15, 0.2) is 12.4 Å². The Labute approximate surface area is 146 Å². The molecule has 0 amide bonds. The lowest BCUT2D eigenvalue weighted by Gasteiger charge is -2.51. The molecule has 3 rings (SSSR count). The van der Waals surface area contributed by atoms with Gasteiger partial charge in [0, 0.05) is 44.0 Å². The van der Waals surface area contributed by atoms with Crippen LogP contribution in [0, 0.1) is 0 Å². The highest BCUT2D eigenvalue weighted by Crippen LogP contribution is 2.40. The SMILES string of the molecule is C[C@@]1(O)CCOC2(CCN(Cc3c(Cl)cncc3Cl)CC2)[C@H]1O. The van der Waals surface area contributed by atoms with Gasteiger partial charge in [0.05, 0.1) is 27.9 Å². The quantitative estimate of drug-likeness (QED) is 0.846. The van der Waals surface area contributed by atoms with Crippen LogP contribution in [0.25, 0.3) is 0 Å². The van der Waals surface area contributed by atoms with Gasteiger partial charge >= 0.3 is 0 Å². The highest BCUT2D eigenvalue weighted by molar-refractivity contribution is 6.35. The number of ether oxygens (including phenoxy) is 1. The van der Waals surface area contributed by atoms with E-state index in [1.807, 2.05) is 0 Å². The minimum absolute atomic E-state index is 0.460. The molecule has 2 atom stereocenters. The number of piperidine rings is 1. The Morgan fingerprint density at radius 1 is 1.26 bits per heavy atom. The van der Waals surface area contributed by atoms with Crippen LogP contribution >= 0.6 is 23.2 Å². The van der Waals surface area contributed by atoms with Gasteiger partial charge in [-0.05, 0) is 19.8 Å². The summed E-state index contributed by atoms with van der Waals surface area (Å²) in [5, 5.41) is 22.0. The van der Waals surface area contributed by atoms with Crippen LogP contribution in [0.4, 0.5) is 0 Å². The number of rotatable bonds is 2. The molecule has 7 heteroatoms. The van der Waals surface area contributed by atoms with E-state index in [0.29, 0.717) is 42.5 Å². The fourth-order valence-electron chi connectivity index (χ4n) is 3.56. The second kappa shape index (κ2) is 6.47. The summed E-state index contributed by atoms with van der Waals surface area (Å²) < 4.78 is 5.90. The molecule has 2 saturated heterocycles. The van der Waals surface area contributed by atoms with Gasteiger partial charge in [-0.15, -0.1) is 0 Å². The smallest absolute Gasteiger partial charge is 0.111 e. The van der Waals surface area contributed by atoms with Crippen molar-refractivity contribution in [1.82, 2.24) is 9.88 Å². The minimum Gasteiger partial charge on any atom is -0.387 e. The van der Waals surface area contributed by atoms with E-state index >= 15 is 0 Å². The maximum absolute atomic E-state index is 10.5. The fourth-order valence-corrected chi connectivity index (χ4v) is 4.05. The van der Waals surface area contributed by atoms with Gasteiger partial charge in [-0.3, -0.25) is 9.88 Å². The van der Waals surface area contributed by atoms with Crippen molar-refractivity contribution < 1.29 is 14.9 Å². The number of likely N-dealkylation sites (tertiary alicyclic amines) is 1. The lowest BCUT2D eigenvalue weighted by atomic mass is 9.75. The van der Waals surface area contributed by atoms with Crippen molar-refractivity contribution in [2.45, 2.75) is 50.0 Å². The highest BCUT2D eigenvalue weighted by atomic mass is 35.5. The van der Waals surface area contributed by atoms with E-state index in [1.165, 1.54) is 0 Å². The van der Waals surface area contributed by atoms with E-state index in [4.69, 9.17) is 27.9 Å². The first-order valence-corrected chi connectivity index (χ1v) is 8.64. The predicted molar refractivity (Wildman–Crippen MR) is 88.7 cm³/mol. The molecule has 5 nitrogen and oxygen atoms in total. The molecule has 23 heavy (non-hydrogen) atoms. The number of aliphatic hydroxyl groups is 2. The summed E-state index contributed by atoms with van der Waals surface area (Å²) in [7, 11) is 0. The van der Waals surface area contributed by atoms with Gasteiger partial charge in [-0.25, -0.2) is 0 Å². The summed E-state index contributed by atoms with van der Waals surface area (Å²) in [5.41, 5.74) is -0.862. The molecule has 0 radical (unpaired) electrons. The molecule has 0 bridgehead atoms. The lowest BCUT2D eigenvalue weighted by Crippen LogP contribution is -2.64. The number of aromatic nitrogens is 1. The normalized spacial score (nSPS) is 31.4. The monoisotopic (exact) mass is 360 g/mol. The molecule has 2 N–H and O–H groups in total. The van der Waals surface area contributed by atoms with Crippen molar-refractivity contribution >= 4 is 23.2 Å². The van der Waals surface area contributed by atoms with Crippen LogP contribution in [0.1, 0.15) is 31.7 Å². The lowest BCUT2D eigenvalue weighted by molar-refractivity contribution is -0.246. The minimum atomic E-state index is -1.09. The summed E-state index contributed by atoms with van der Waals surface area (Å²) in [4.78, 5) is 6.20.